The van der Waals surface area contributed by atoms with Crippen molar-refractivity contribution in [1.29, 1.82) is 5.26 Å². The van der Waals surface area contributed by atoms with Crippen LogP contribution in [0.1, 0.15) is 25.3 Å². The molecule has 1 amide bonds. The number of anilines is 1. The first-order chi connectivity index (χ1) is 8.61. The van der Waals surface area contributed by atoms with Crippen LogP contribution in [0.25, 0.3) is 0 Å². The van der Waals surface area contributed by atoms with E-state index >= 15 is 0 Å². The molecule has 6 heteroatoms. The van der Waals surface area contributed by atoms with Crippen molar-refractivity contribution in [2.24, 2.45) is 5.92 Å². The fourth-order valence-corrected chi connectivity index (χ4v) is 2.09. The normalized spacial score (nSPS) is 15.6. The zero-order valence-electron chi connectivity index (χ0n) is 9.80. The van der Waals surface area contributed by atoms with Gasteiger partial charge in [-0.15, -0.1) is 11.3 Å². The minimum absolute atomic E-state index is 0.0309. The molecule has 1 aromatic rings. The smallest absolute Gasteiger partial charge is 0.309 e. The van der Waals surface area contributed by atoms with Crippen molar-refractivity contribution in [2.75, 3.05) is 5.32 Å². The highest BCUT2D eigenvalue weighted by atomic mass is 32.1. The molecule has 0 bridgehead atoms. The van der Waals surface area contributed by atoms with Crippen LogP contribution in [0.15, 0.2) is 11.4 Å². The fourth-order valence-electron chi connectivity index (χ4n) is 1.35. The molecule has 1 heterocycles. The Morgan fingerprint density at radius 3 is 2.94 bits per heavy atom. The molecule has 2 rings (SSSR count). The third-order valence-corrected chi connectivity index (χ3v) is 3.43. The Morgan fingerprint density at radius 1 is 1.61 bits per heavy atom. The molecule has 0 spiro atoms. The molecule has 0 saturated heterocycles. The first kappa shape index (κ1) is 12.6. The van der Waals surface area contributed by atoms with Crippen LogP contribution in [0.4, 0.5) is 5.00 Å². The van der Waals surface area contributed by atoms with Crippen molar-refractivity contribution in [3.63, 3.8) is 0 Å². The second-order valence-electron chi connectivity index (χ2n) is 4.12. The van der Waals surface area contributed by atoms with Crippen LogP contribution in [0.3, 0.4) is 0 Å². The summed E-state index contributed by atoms with van der Waals surface area (Å²) in [5, 5.41) is 13.6. The second kappa shape index (κ2) is 5.19. The van der Waals surface area contributed by atoms with Gasteiger partial charge in [0, 0.05) is 0 Å². The number of rotatable bonds is 4. The van der Waals surface area contributed by atoms with Gasteiger partial charge in [-0.3, -0.25) is 9.59 Å². The van der Waals surface area contributed by atoms with Gasteiger partial charge in [0.1, 0.15) is 11.1 Å². The maximum atomic E-state index is 11.8. The van der Waals surface area contributed by atoms with E-state index in [1.165, 1.54) is 18.3 Å². The topological polar surface area (TPSA) is 79.2 Å². The van der Waals surface area contributed by atoms with E-state index in [-0.39, 0.29) is 11.9 Å². The van der Waals surface area contributed by atoms with Gasteiger partial charge in [-0.05, 0) is 31.2 Å². The number of nitrogens with one attached hydrogen (secondary N) is 1. The zero-order valence-corrected chi connectivity index (χ0v) is 10.6. The Bertz CT molecular complexity index is 514. The van der Waals surface area contributed by atoms with Gasteiger partial charge in [0.05, 0.1) is 11.5 Å². The molecule has 0 radical (unpaired) electrons. The molecule has 1 fully saturated rings. The number of ether oxygens (including phenoxy) is 1. The number of carbonyl (C=O) groups excluding carboxylic acids is 2. The molecular weight excluding hydrogens is 252 g/mol. The number of amides is 1. The number of nitrogens with zero attached hydrogens (tertiary/aromatic N) is 1. The van der Waals surface area contributed by atoms with Crippen LogP contribution >= 0.6 is 11.3 Å². The van der Waals surface area contributed by atoms with Crippen LogP contribution < -0.4 is 5.32 Å². The second-order valence-corrected chi connectivity index (χ2v) is 5.03. The molecule has 0 aliphatic heterocycles. The standard InChI is InChI=1S/C12H12N2O3S/c1-7(17-12(16)8-2-3-8)10(15)14-11-9(6-13)4-5-18-11/h4-5,7-8H,2-3H2,1H3,(H,14,15)/t7-/m1/s1. The van der Waals surface area contributed by atoms with Crippen LogP contribution in [0.5, 0.6) is 0 Å². The predicted molar refractivity (Wildman–Crippen MR) is 65.9 cm³/mol. The summed E-state index contributed by atoms with van der Waals surface area (Å²) >= 11 is 1.26. The van der Waals surface area contributed by atoms with Gasteiger partial charge < -0.3 is 10.1 Å². The molecule has 0 unspecified atom stereocenters. The Morgan fingerprint density at radius 2 is 2.33 bits per heavy atom. The average molecular weight is 264 g/mol. The quantitative estimate of drug-likeness (QED) is 0.842. The van der Waals surface area contributed by atoms with Crippen molar-refractivity contribution in [2.45, 2.75) is 25.9 Å². The molecule has 18 heavy (non-hydrogen) atoms. The highest BCUT2D eigenvalue weighted by Crippen LogP contribution is 2.30. The minimum Gasteiger partial charge on any atom is -0.452 e. The van der Waals surface area contributed by atoms with Crippen LogP contribution in [0, 0.1) is 17.2 Å². The minimum atomic E-state index is -0.841. The van der Waals surface area contributed by atoms with Crippen molar-refractivity contribution in [1.82, 2.24) is 0 Å². The molecule has 1 atom stereocenters. The summed E-state index contributed by atoms with van der Waals surface area (Å²) in [4.78, 5) is 23.2. The van der Waals surface area contributed by atoms with Crippen molar-refractivity contribution in [3.8, 4) is 6.07 Å². The Balaban J connectivity index is 1.91. The lowest BCUT2D eigenvalue weighted by Crippen LogP contribution is -2.30. The molecule has 94 valence electrons. The molecular formula is C12H12N2O3S. The zero-order chi connectivity index (χ0) is 13.1. The maximum Gasteiger partial charge on any atom is 0.309 e. The monoisotopic (exact) mass is 264 g/mol. The summed E-state index contributed by atoms with van der Waals surface area (Å²) in [6.07, 6.45) is 0.847. The lowest BCUT2D eigenvalue weighted by atomic mass is 10.3. The third kappa shape index (κ3) is 2.87. The van der Waals surface area contributed by atoms with E-state index in [0.29, 0.717) is 10.6 Å². The summed E-state index contributed by atoms with van der Waals surface area (Å²) in [5.41, 5.74) is 0.411. The Labute approximate surface area is 108 Å². The molecule has 0 aromatic carbocycles. The maximum absolute atomic E-state index is 11.8. The predicted octanol–water partition coefficient (Wildman–Crippen LogP) is 1.90. The summed E-state index contributed by atoms with van der Waals surface area (Å²) in [6, 6.07) is 3.60. The lowest BCUT2D eigenvalue weighted by molar-refractivity contribution is -0.154. The fraction of sp³-hybridized carbons (Fsp3) is 0.417. The molecule has 1 saturated carbocycles. The van der Waals surface area contributed by atoms with Gasteiger partial charge in [-0.25, -0.2) is 0 Å². The Kier molecular flexibility index (Phi) is 3.63. The van der Waals surface area contributed by atoms with E-state index in [1.807, 2.05) is 6.07 Å². The molecule has 1 N–H and O–H groups in total. The summed E-state index contributed by atoms with van der Waals surface area (Å²) in [7, 11) is 0. The average Bonchev–Trinajstić information content (AvgIpc) is 3.10. The highest BCUT2D eigenvalue weighted by molar-refractivity contribution is 7.14. The third-order valence-electron chi connectivity index (χ3n) is 2.60. The SMILES string of the molecule is C[C@@H](OC(=O)C1CC1)C(=O)Nc1sccc1C#N. The van der Waals surface area contributed by atoms with E-state index < -0.39 is 12.0 Å². The number of thiophene rings is 1. The van der Waals surface area contributed by atoms with Gasteiger partial charge in [0.25, 0.3) is 5.91 Å². The molecule has 5 nitrogen and oxygen atoms in total. The molecule has 1 aliphatic rings. The van der Waals surface area contributed by atoms with Crippen LogP contribution in [-0.2, 0) is 14.3 Å². The van der Waals surface area contributed by atoms with Gasteiger partial charge in [0.15, 0.2) is 6.10 Å². The number of nitriles is 1. The first-order valence-corrected chi connectivity index (χ1v) is 6.48. The summed E-state index contributed by atoms with van der Waals surface area (Å²) in [6.45, 7) is 1.52. The highest BCUT2D eigenvalue weighted by Gasteiger charge is 2.33. The van der Waals surface area contributed by atoms with Gasteiger partial charge >= 0.3 is 5.97 Å². The van der Waals surface area contributed by atoms with Gasteiger partial charge in [0.2, 0.25) is 0 Å². The first-order valence-electron chi connectivity index (χ1n) is 5.60. The molecule has 1 aromatic heterocycles. The van der Waals surface area contributed by atoms with Crippen molar-refractivity contribution in [3.05, 3.63) is 17.0 Å². The van der Waals surface area contributed by atoms with E-state index in [4.69, 9.17) is 10.00 Å². The lowest BCUT2D eigenvalue weighted by Gasteiger charge is -2.12. The van der Waals surface area contributed by atoms with E-state index in [0.717, 1.165) is 12.8 Å². The molecule has 1 aliphatic carbocycles. The van der Waals surface area contributed by atoms with Gasteiger partial charge in [-0.2, -0.15) is 5.26 Å². The van der Waals surface area contributed by atoms with E-state index in [9.17, 15) is 9.59 Å². The van der Waals surface area contributed by atoms with Crippen molar-refractivity contribution >= 4 is 28.2 Å². The van der Waals surface area contributed by atoms with Gasteiger partial charge in [-0.1, -0.05) is 0 Å². The number of carbonyl (C=O) groups is 2. The van der Waals surface area contributed by atoms with Crippen LogP contribution in [-0.4, -0.2) is 18.0 Å². The van der Waals surface area contributed by atoms with Crippen molar-refractivity contribution < 1.29 is 14.3 Å². The largest absolute Gasteiger partial charge is 0.452 e. The van der Waals surface area contributed by atoms with Crippen LogP contribution in [0.2, 0.25) is 0 Å². The number of hydrogen-bond donors (Lipinski definition) is 1. The summed E-state index contributed by atoms with van der Waals surface area (Å²) in [5.74, 6) is -0.760. The summed E-state index contributed by atoms with van der Waals surface area (Å²) < 4.78 is 5.03. The van der Waals surface area contributed by atoms with E-state index in [1.54, 1.807) is 11.4 Å². The van der Waals surface area contributed by atoms with E-state index in [2.05, 4.69) is 5.32 Å². The Hall–Kier alpha value is -1.87. The number of hydrogen-bond acceptors (Lipinski definition) is 5. The number of esters is 1.